The van der Waals surface area contributed by atoms with E-state index in [0.717, 1.165) is 49.7 Å². The number of halogens is 2. The number of aromatic nitrogens is 4. The molecule has 0 bridgehead atoms. The van der Waals surface area contributed by atoms with E-state index in [1.807, 2.05) is 24.3 Å². The van der Waals surface area contributed by atoms with Gasteiger partial charge in [0.05, 0.1) is 39.7 Å². The Morgan fingerprint density at radius 2 is 1.82 bits per heavy atom. The van der Waals surface area contributed by atoms with Crippen LogP contribution in [0.1, 0.15) is 22.8 Å². The lowest BCUT2D eigenvalue weighted by atomic mass is 10.1. The van der Waals surface area contributed by atoms with E-state index in [1.54, 1.807) is 30.5 Å². The highest BCUT2D eigenvalue weighted by atomic mass is 19.3. The smallest absolute Gasteiger partial charge is 0.272 e. The number of hydrogen-bond acceptors (Lipinski definition) is 6. The number of hydrogen-bond donors (Lipinski definition) is 4. The van der Waals surface area contributed by atoms with E-state index in [0.29, 0.717) is 28.2 Å². The molecule has 39 heavy (non-hydrogen) atoms. The number of carbonyl (C=O) groups excluding carboxylic acids is 1. The first-order chi connectivity index (χ1) is 18.7. The summed E-state index contributed by atoms with van der Waals surface area (Å²) < 4.78 is 28.3. The molecule has 0 spiro atoms. The van der Waals surface area contributed by atoms with Gasteiger partial charge in [-0.05, 0) is 43.4 Å². The first-order valence-electron chi connectivity index (χ1n) is 12.7. The van der Waals surface area contributed by atoms with Gasteiger partial charge in [-0.3, -0.25) is 9.89 Å². The largest absolute Gasteiger partial charge is 0.368 e. The third-order valence-corrected chi connectivity index (χ3v) is 7.04. The Hall–Kier alpha value is -4.51. The highest BCUT2D eigenvalue weighted by Crippen LogP contribution is 2.35. The minimum atomic E-state index is -3.02. The van der Waals surface area contributed by atoms with E-state index in [2.05, 4.69) is 47.6 Å². The van der Waals surface area contributed by atoms with E-state index >= 15 is 0 Å². The Morgan fingerprint density at radius 1 is 1.03 bits per heavy atom. The number of carbonyl (C=O) groups is 1. The van der Waals surface area contributed by atoms with Gasteiger partial charge in [-0.25, -0.2) is 13.8 Å². The van der Waals surface area contributed by atoms with Crippen LogP contribution in [0.25, 0.3) is 21.9 Å². The minimum Gasteiger partial charge on any atom is -0.368 e. The molecule has 6 rings (SSSR count). The Morgan fingerprint density at radius 3 is 2.62 bits per heavy atom. The van der Waals surface area contributed by atoms with Crippen molar-refractivity contribution in [3.8, 4) is 0 Å². The topological polar surface area (TPSA) is 105 Å². The van der Waals surface area contributed by atoms with E-state index in [1.165, 1.54) is 6.07 Å². The lowest BCUT2D eigenvalue weighted by molar-refractivity contribution is 0.0182. The number of anilines is 4. The van der Waals surface area contributed by atoms with Crippen molar-refractivity contribution in [3.05, 3.63) is 71.9 Å². The first kappa shape index (κ1) is 24.8. The van der Waals surface area contributed by atoms with Gasteiger partial charge in [0.1, 0.15) is 0 Å². The molecule has 0 radical (unpaired) electrons. The van der Waals surface area contributed by atoms with Crippen LogP contribution in [0.5, 0.6) is 0 Å². The molecular weight excluding hydrogens is 502 g/mol. The average molecular weight is 531 g/mol. The van der Waals surface area contributed by atoms with Crippen molar-refractivity contribution in [1.82, 2.24) is 25.1 Å². The summed E-state index contributed by atoms with van der Waals surface area (Å²) in [5.74, 6) is -2.96. The number of para-hydroxylation sites is 1. The first-order valence-corrected chi connectivity index (χ1v) is 12.7. The summed E-state index contributed by atoms with van der Waals surface area (Å²) in [4.78, 5) is 25.8. The molecule has 200 valence electrons. The molecule has 3 heterocycles. The number of amides is 1. The van der Waals surface area contributed by atoms with Gasteiger partial charge in [0, 0.05) is 49.7 Å². The van der Waals surface area contributed by atoms with Crippen LogP contribution >= 0.6 is 0 Å². The maximum absolute atomic E-state index is 14.2. The van der Waals surface area contributed by atoms with Gasteiger partial charge < -0.3 is 25.4 Å². The number of rotatable bonds is 6. The van der Waals surface area contributed by atoms with Crippen LogP contribution in [0.4, 0.5) is 31.8 Å². The van der Waals surface area contributed by atoms with Crippen molar-refractivity contribution in [2.24, 2.45) is 0 Å². The zero-order valence-electron chi connectivity index (χ0n) is 21.6. The van der Waals surface area contributed by atoms with Crippen molar-refractivity contribution < 1.29 is 13.6 Å². The van der Waals surface area contributed by atoms with Crippen molar-refractivity contribution in [3.63, 3.8) is 0 Å². The maximum atomic E-state index is 14.2. The number of piperazine rings is 1. The molecule has 0 saturated carbocycles. The molecule has 1 fully saturated rings. The zero-order valence-corrected chi connectivity index (χ0v) is 21.6. The lowest BCUT2D eigenvalue weighted by Gasteiger charge is -2.35. The third kappa shape index (κ3) is 5.00. The number of fused-ring (bicyclic) bond motifs is 2. The van der Waals surface area contributed by atoms with Crippen LogP contribution in [-0.4, -0.2) is 64.2 Å². The number of imidazole rings is 1. The number of nitrogens with zero attached hydrogens (tertiary/aromatic N) is 4. The fourth-order valence-corrected chi connectivity index (χ4v) is 4.92. The van der Waals surface area contributed by atoms with Crippen molar-refractivity contribution in [2.75, 3.05) is 48.8 Å². The SMILES string of the molecule is CN1CCN(c2cc3nc(Nc4ccccc4C(C)(F)F)[nH]c3cc2C(=O)Nc2ccc3[nH]ncc3c2)CC1. The Kier molecular flexibility index (Phi) is 6.15. The fraction of sp³-hybridized carbons (Fsp3) is 0.250. The molecule has 4 N–H and O–H groups in total. The molecule has 5 aromatic rings. The van der Waals surface area contributed by atoms with E-state index in [-0.39, 0.29) is 17.2 Å². The molecular formula is C28H28F2N8O. The number of alkyl halides is 2. The number of likely N-dealkylation sites (N-methyl/N-ethyl adjacent to an activating group) is 1. The third-order valence-electron chi connectivity index (χ3n) is 7.04. The van der Waals surface area contributed by atoms with Crippen LogP contribution in [0.15, 0.2) is 60.8 Å². The highest BCUT2D eigenvalue weighted by molar-refractivity contribution is 6.11. The standard InChI is InChI=1S/C28H28F2N8O/c1-28(29,30)20-5-3-4-6-22(20)33-27-34-23-14-19(25(15-24(23)35-27)38-11-9-37(2)10-12-38)26(39)32-18-7-8-21-17(13-18)16-31-36-21/h3-8,13-16H,9-12H2,1-2H3,(H,31,36)(H,32,39)(H2,33,34,35). The van der Waals surface area contributed by atoms with E-state index in [9.17, 15) is 13.6 Å². The predicted molar refractivity (Wildman–Crippen MR) is 149 cm³/mol. The Bertz CT molecular complexity index is 1660. The van der Waals surface area contributed by atoms with Crippen LogP contribution in [0.2, 0.25) is 0 Å². The highest BCUT2D eigenvalue weighted by Gasteiger charge is 2.28. The van der Waals surface area contributed by atoms with Gasteiger partial charge in [0.25, 0.3) is 11.8 Å². The van der Waals surface area contributed by atoms with Gasteiger partial charge in [-0.15, -0.1) is 0 Å². The maximum Gasteiger partial charge on any atom is 0.272 e. The monoisotopic (exact) mass is 530 g/mol. The minimum absolute atomic E-state index is 0.127. The Balaban J connectivity index is 1.36. The molecule has 2 aromatic heterocycles. The average Bonchev–Trinajstić information content (AvgIpc) is 3.53. The summed E-state index contributed by atoms with van der Waals surface area (Å²) in [6.45, 7) is 4.12. The van der Waals surface area contributed by atoms with Gasteiger partial charge in [0.15, 0.2) is 0 Å². The number of aromatic amines is 2. The molecule has 1 amide bonds. The van der Waals surface area contributed by atoms with Gasteiger partial charge in [0.2, 0.25) is 5.95 Å². The molecule has 11 heteroatoms. The molecule has 1 aliphatic heterocycles. The van der Waals surface area contributed by atoms with Crippen LogP contribution < -0.4 is 15.5 Å². The van der Waals surface area contributed by atoms with Gasteiger partial charge >= 0.3 is 0 Å². The number of H-pyrrole nitrogens is 2. The summed E-state index contributed by atoms with van der Waals surface area (Å²) in [7, 11) is 2.07. The zero-order chi connectivity index (χ0) is 27.1. The van der Waals surface area contributed by atoms with Crippen molar-refractivity contribution >= 4 is 50.9 Å². The predicted octanol–water partition coefficient (Wildman–Crippen LogP) is 5.30. The quantitative estimate of drug-likeness (QED) is 0.238. The van der Waals surface area contributed by atoms with Gasteiger partial charge in [-0.1, -0.05) is 18.2 Å². The fourth-order valence-electron chi connectivity index (χ4n) is 4.92. The van der Waals surface area contributed by atoms with E-state index < -0.39 is 5.92 Å². The number of nitrogens with one attached hydrogen (secondary N) is 4. The summed E-state index contributed by atoms with van der Waals surface area (Å²) in [6.07, 6.45) is 1.71. The summed E-state index contributed by atoms with van der Waals surface area (Å²) in [5.41, 5.74) is 4.19. The van der Waals surface area contributed by atoms with Gasteiger partial charge in [-0.2, -0.15) is 5.10 Å². The normalized spacial score (nSPS) is 14.7. The molecule has 0 aliphatic carbocycles. The van der Waals surface area contributed by atoms with E-state index in [4.69, 9.17) is 0 Å². The number of benzene rings is 3. The molecule has 1 saturated heterocycles. The second-order valence-electron chi connectivity index (χ2n) is 9.95. The second kappa shape index (κ2) is 9.66. The summed E-state index contributed by atoms with van der Waals surface area (Å²) in [5, 5.41) is 13.9. The molecule has 0 unspecified atom stereocenters. The molecule has 9 nitrogen and oxygen atoms in total. The van der Waals surface area contributed by atoms with Crippen LogP contribution in [-0.2, 0) is 5.92 Å². The summed E-state index contributed by atoms with van der Waals surface area (Å²) >= 11 is 0. The lowest BCUT2D eigenvalue weighted by Crippen LogP contribution is -2.45. The van der Waals surface area contributed by atoms with Crippen LogP contribution in [0, 0.1) is 0 Å². The summed E-state index contributed by atoms with van der Waals surface area (Å²) in [6, 6.07) is 15.5. The van der Waals surface area contributed by atoms with Crippen LogP contribution in [0.3, 0.4) is 0 Å². The molecule has 3 aromatic carbocycles. The second-order valence-corrected chi connectivity index (χ2v) is 9.95. The molecule has 1 aliphatic rings. The Labute approximate surface area is 223 Å². The molecule has 0 atom stereocenters. The van der Waals surface area contributed by atoms with Crippen molar-refractivity contribution in [2.45, 2.75) is 12.8 Å². The van der Waals surface area contributed by atoms with Crippen molar-refractivity contribution in [1.29, 1.82) is 0 Å².